The van der Waals surface area contributed by atoms with Crippen molar-refractivity contribution >= 4 is 34.7 Å². The highest BCUT2D eigenvalue weighted by Crippen LogP contribution is 2.35. The number of hydrogen-bond acceptors (Lipinski definition) is 9. The van der Waals surface area contributed by atoms with Crippen LogP contribution in [0, 0.1) is 0 Å². The van der Waals surface area contributed by atoms with Crippen molar-refractivity contribution in [3.8, 4) is 11.5 Å². The molecule has 3 aromatic rings. The largest absolute Gasteiger partial charge is 0.486 e. The maximum Gasteiger partial charge on any atom is 0.237 e. The molecule has 1 aromatic carbocycles. The van der Waals surface area contributed by atoms with Crippen molar-refractivity contribution in [3.63, 3.8) is 0 Å². The number of benzene rings is 1. The molecule has 0 N–H and O–H groups in total. The van der Waals surface area contributed by atoms with Crippen molar-refractivity contribution in [2.75, 3.05) is 44.5 Å². The van der Waals surface area contributed by atoms with E-state index >= 15 is 0 Å². The number of carbonyl (C=O) groups excluding carboxylic acids is 1. The van der Waals surface area contributed by atoms with E-state index in [1.54, 1.807) is 20.9 Å². The summed E-state index contributed by atoms with van der Waals surface area (Å²) in [4.78, 5) is 18.2. The van der Waals surface area contributed by atoms with Gasteiger partial charge in [0.1, 0.15) is 13.2 Å². The Labute approximate surface area is 188 Å². The van der Waals surface area contributed by atoms with Crippen LogP contribution in [0.1, 0.15) is 4.88 Å². The highest BCUT2D eigenvalue weighted by atomic mass is 32.2. The maximum absolute atomic E-state index is 13.3. The maximum atomic E-state index is 13.3. The summed E-state index contributed by atoms with van der Waals surface area (Å²) in [5, 5.41) is 14.5. The van der Waals surface area contributed by atoms with Crippen LogP contribution < -0.4 is 14.4 Å². The molecule has 0 fully saturated rings. The minimum Gasteiger partial charge on any atom is -0.486 e. The molecule has 4 rings (SSSR count). The Morgan fingerprint density at radius 1 is 1.23 bits per heavy atom. The van der Waals surface area contributed by atoms with Crippen LogP contribution >= 0.6 is 23.1 Å². The number of fused-ring (bicyclic) bond motifs is 1. The first kappa shape index (κ1) is 21.6. The standard InChI is InChI=1S/C20H24N6O3S2/c1-24(2)7-8-26-20(21-22-23-26)31-14-19(27)25(13-16-4-3-11-30-16)15-5-6-17-18(12-15)29-10-9-28-17/h3-6,11-12H,7-10,13-14H2,1-2H3. The average Bonchev–Trinajstić information content (AvgIpc) is 3.45. The van der Waals surface area contributed by atoms with Crippen molar-refractivity contribution in [2.24, 2.45) is 0 Å². The Morgan fingerprint density at radius 3 is 2.84 bits per heavy atom. The number of thiophene rings is 1. The molecule has 0 spiro atoms. The number of nitrogens with zero attached hydrogens (tertiary/aromatic N) is 6. The lowest BCUT2D eigenvalue weighted by atomic mass is 10.2. The summed E-state index contributed by atoms with van der Waals surface area (Å²) < 4.78 is 13.1. The summed E-state index contributed by atoms with van der Waals surface area (Å²) in [6, 6.07) is 9.63. The fraction of sp³-hybridized carbons (Fsp3) is 0.400. The zero-order chi connectivity index (χ0) is 21.6. The summed E-state index contributed by atoms with van der Waals surface area (Å²) in [7, 11) is 3.99. The Bertz CT molecular complexity index is 1010. The van der Waals surface area contributed by atoms with Gasteiger partial charge in [-0.2, -0.15) is 0 Å². The van der Waals surface area contributed by atoms with Crippen molar-refractivity contribution in [3.05, 3.63) is 40.6 Å². The molecule has 0 saturated heterocycles. The third-order valence-corrected chi connectivity index (χ3v) is 6.42. The van der Waals surface area contributed by atoms with Crippen LogP contribution in [-0.4, -0.2) is 70.6 Å². The van der Waals surface area contributed by atoms with Gasteiger partial charge in [0.25, 0.3) is 0 Å². The number of likely N-dealkylation sites (N-methyl/N-ethyl adjacent to an activating group) is 1. The molecule has 0 bridgehead atoms. The van der Waals surface area contributed by atoms with Gasteiger partial charge in [0.2, 0.25) is 11.1 Å². The van der Waals surface area contributed by atoms with E-state index in [0.29, 0.717) is 43.0 Å². The van der Waals surface area contributed by atoms with Gasteiger partial charge in [-0.3, -0.25) is 4.79 Å². The fourth-order valence-electron chi connectivity index (χ4n) is 3.02. The summed E-state index contributed by atoms with van der Waals surface area (Å²) >= 11 is 2.96. The fourth-order valence-corrected chi connectivity index (χ4v) is 4.49. The van der Waals surface area contributed by atoms with E-state index in [1.165, 1.54) is 11.8 Å². The van der Waals surface area contributed by atoms with Crippen LogP contribution in [-0.2, 0) is 17.9 Å². The molecule has 1 aliphatic heterocycles. The highest BCUT2D eigenvalue weighted by Gasteiger charge is 2.21. The molecule has 0 unspecified atom stereocenters. The summed E-state index contributed by atoms with van der Waals surface area (Å²) in [5.74, 6) is 1.56. The van der Waals surface area contributed by atoms with Gasteiger partial charge in [-0.15, -0.1) is 16.4 Å². The smallest absolute Gasteiger partial charge is 0.237 e. The van der Waals surface area contributed by atoms with Gasteiger partial charge in [-0.1, -0.05) is 17.8 Å². The first-order valence-electron chi connectivity index (χ1n) is 9.86. The predicted molar refractivity (Wildman–Crippen MR) is 120 cm³/mol. The van der Waals surface area contributed by atoms with Gasteiger partial charge in [0.05, 0.1) is 18.8 Å². The Hall–Kier alpha value is -2.63. The first-order valence-corrected chi connectivity index (χ1v) is 11.7. The molecule has 0 radical (unpaired) electrons. The molecule has 0 saturated carbocycles. The van der Waals surface area contributed by atoms with Crippen LogP contribution in [0.4, 0.5) is 5.69 Å². The van der Waals surface area contributed by atoms with Gasteiger partial charge in [-0.05, 0) is 48.1 Å². The zero-order valence-electron chi connectivity index (χ0n) is 17.4. The third-order valence-electron chi connectivity index (χ3n) is 4.62. The molecular weight excluding hydrogens is 436 g/mol. The molecule has 2 aromatic heterocycles. The molecule has 0 atom stereocenters. The number of hydrogen-bond donors (Lipinski definition) is 0. The van der Waals surface area contributed by atoms with Crippen molar-refractivity contribution < 1.29 is 14.3 Å². The van der Waals surface area contributed by atoms with Gasteiger partial charge < -0.3 is 19.3 Å². The third kappa shape index (κ3) is 5.54. The van der Waals surface area contributed by atoms with Crippen molar-refractivity contribution in [1.29, 1.82) is 0 Å². The Morgan fingerprint density at radius 2 is 2.06 bits per heavy atom. The van der Waals surface area contributed by atoms with Crippen LogP contribution in [0.25, 0.3) is 0 Å². The summed E-state index contributed by atoms with van der Waals surface area (Å²) in [5.41, 5.74) is 0.774. The molecule has 0 aliphatic carbocycles. The number of rotatable bonds is 9. The normalized spacial score (nSPS) is 12.9. The number of tetrazole rings is 1. The Kier molecular flexibility index (Phi) is 7.05. The van der Waals surface area contributed by atoms with E-state index in [4.69, 9.17) is 9.47 Å². The monoisotopic (exact) mass is 460 g/mol. The lowest BCUT2D eigenvalue weighted by Gasteiger charge is -2.25. The van der Waals surface area contributed by atoms with Gasteiger partial charge in [0.15, 0.2) is 11.5 Å². The molecule has 9 nitrogen and oxygen atoms in total. The van der Waals surface area contributed by atoms with Crippen molar-refractivity contribution in [1.82, 2.24) is 25.1 Å². The molecule has 1 amide bonds. The molecular formula is C20H24N6O3S2. The molecule has 31 heavy (non-hydrogen) atoms. The minimum absolute atomic E-state index is 0.0303. The molecule has 164 valence electrons. The number of ether oxygens (including phenoxy) is 2. The van der Waals surface area contributed by atoms with E-state index < -0.39 is 0 Å². The van der Waals surface area contributed by atoms with Crippen LogP contribution in [0.5, 0.6) is 11.5 Å². The van der Waals surface area contributed by atoms with Gasteiger partial charge in [0, 0.05) is 23.2 Å². The van der Waals surface area contributed by atoms with Crippen molar-refractivity contribution in [2.45, 2.75) is 18.2 Å². The Balaban J connectivity index is 1.49. The van der Waals surface area contributed by atoms with Crippen LogP contribution in [0.3, 0.4) is 0 Å². The first-order chi connectivity index (χ1) is 15.1. The second kappa shape index (κ2) is 10.1. The second-order valence-electron chi connectivity index (χ2n) is 7.16. The summed E-state index contributed by atoms with van der Waals surface area (Å²) in [6.07, 6.45) is 0. The highest BCUT2D eigenvalue weighted by molar-refractivity contribution is 7.99. The molecule has 11 heteroatoms. The van der Waals surface area contributed by atoms with Crippen LogP contribution in [0.2, 0.25) is 0 Å². The summed E-state index contributed by atoms with van der Waals surface area (Å²) in [6.45, 7) is 3.00. The van der Waals surface area contributed by atoms with E-state index in [9.17, 15) is 4.79 Å². The lowest BCUT2D eigenvalue weighted by Crippen LogP contribution is -2.32. The number of anilines is 1. The SMILES string of the molecule is CN(C)CCn1nnnc1SCC(=O)N(Cc1cccs1)c1ccc2c(c1)OCCO2. The number of carbonyl (C=O) groups is 1. The number of amides is 1. The average molecular weight is 461 g/mol. The topological polar surface area (TPSA) is 85.6 Å². The van der Waals surface area contributed by atoms with E-state index in [2.05, 4.69) is 20.4 Å². The van der Waals surface area contributed by atoms with E-state index in [-0.39, 0.29) is 11.7 Å². The zero-order valence-corrected chi connectivity index (χ0v) is 19.1. The van der Waals surface area contributed by atoms with E-state index in [0.717, 1.165) is 17.1 Å². The quantitative estimate of drug-likeness (QED) is 0.450. The van der Waals surface area contributed by atoms with E-state index in [1.807, 2.05) is 49.8 Å². The molecule has 1 aliphatic rings. The van der Waals surface area contributed by atoms with Crippen LogP contribution in [0.15, 0.2) is 40.9 Å². The second-order valence-corrected chi connectivity index (χ2v) is 9.14. The van der Waals surface area contributed by atoms with Gasteiger partial charge >= 0.3 is 0 Å². The minimum atomic E-state index is -0.0303. The van der Waals surface area contributed by atoms with Gasteiger partial charge in [-0.25, -0.2) is 4.68 Å². The number of thioether (sulfide) groups is 1. The number of aromatic nitrogens is 4. The lowest BCUT2D eigenvalue weighted by molar-refractivity contribution is -0.116. The predicted octanol–water partition coefficient (Wildman–Crippen LogP) is 2.39. The molecule has 3 heterocycles.